The van der Waals surface area contributed by atoms with Crippen molar-refractivity contribution < 1.29 is 19.1 Å². The van der Waals surface area contributed by atoms with E-state index >= 15 is 0 Å². The molecular formula is C24H27N3O4. The smallest absolute Gasteiger partial charge is 0.253 e. The highest BCUT2D eigenvalue weighted by atomic mass is 16.5. The third-order valence-corrected chi connectivity index (χ3v) is 6.66. The number of benzene rings is 2. The van der Waals surface area contributed by atoms with Gasteiger partial charge < -0.3 is 19.3 Å². The first-order chi connectivity index (χ1) is 15.1. The molecule has 0 saturated carbocycles. The first kappa shape index (κ1) is 20.0. The van der Waals surface area contributed by atoms with E-state index in [1.165, 1.54) is 0 Å². The minimum absolute atomic E-state index is 0.0140. The molecule has 3 saturated heterocycles. The van der Waals surface area contributed by atoms with Gasteiger partial charge in [-0.1, -0.05) is 18.2 Å². The molecule has 0 radical (unpaired) electrons. The molecule has 162 valence electrons. The molecule has 3 fully saturated rings. The number of nitrogens with zero attached hydrogens (tertiary/aromatic N) is 3. The Labute approximate surface area is 182 Å². The molecule has 0 bridgehead atoms. The highest BCUT2D eigenvalue weighted by Crippen LogP contribution is 2.37. The second-order valence-electron chi connectivity index (χ2n) is 8.59. The minimum atomic E-state index is -0.209. The van der Waals surface area contributed by atoms with Gasteiger partial charge in [-0.3, -0.25) is 14.5 Å². The summed E-state index contributed by atoms with van der Waals surface area (Å²) in [6, 6.07) is 16.8. The number of methoxy groups -OCH3 is 1. The molecule has 2 aromatic rings. The summed E-state index contributed by atoms with van der Waals surface area (Å²) in [6.45, 7) is 4.65. The molecule has 3 aliphatic heterocycles. The van der Waals surface area contributed by atoms with Gasteiger partial charge in [0.1, 0.15) is 5.75 Å². The predicted octanol–water partition coefficient (Wildman–Crippen LogP) is 1.75. The van der Waals surface area contributed by atoms with Crippen molar-refractivity contribution in [2.45, 2.75) is 11.6 Å². The van der Waals surface area contributed by atoms with Gasteiger partial charge in [0.05, 0.1) is 31.9 Å². The molecule has 1 atom stereocenters. The number of carbonyl (C=O) groups is 2. The molecule has 0 N–H and O–H groups in total. The van der Waals surface area contributed by atoms with Gasteiger partial charge in [-0.25, -0.2) is 0 Å². The number of ether oxygens (including phenoxy) is 2. The van der Waals surface area contributed by atoms with Crippen LogP contribution in [-0.2, 0) is 4.74 Å². The van der Waals surface area contributed by atoms with Crippen molar-refractivity contribution >= 4 is 11.8 Å². The fraction of sp³-hybridized carbons (Fsp3) is 0.417. The summed E-state index contributed by atoms with van der Waals surface area (Å²) in [7, 11) is 1.61. The third-order valence-electron chi connectivity index (χ3n) is 6.66. The molecule has 3 heterocycles. The number of piperazine rings is 1. The Kier molecular flexibility index (Phi) is 5.16. The van der Waals surface area contributed by atoms with Crippen LogP contribution in [0.5, 0.6) is 5.75 Å². The summed E-state index contributed by atoms with van der Waals surface area (Å²) in [5, 5.41) is 0. The van der Waals surface area contributed by atoms with E-state index in [2.05, 4.69) is 4.90 Å². The van der Waals surface area contributed by atoms with Crippen LogP contribution in [0.3, 0.4) is 0 Å². The van der Waals surface area contributed by atoms with Gasteiger partial charge in [-0.2, -0.15) is 0 Å². The van der Waals surface area contributed by atoms with Gasteiger partial charge in [0.25, 0.3) is 11.8 Å². The summed E-state index contributed by atoms with van der Waals surface area (Å²) >= 11 is 0. The summed E-state index contributed by atoms with van der Waals surface area (Å²) in [5.41, 5.74) is 1.15. The van der Waals surface area contributed by atoms with Gasteiger partial charge in [0.15, 0.2) is 0 Å². The van der Waals surface area contributed by atoms with Crippen LogP contribution in [-0.4, -0.2) is 91.1 Å². The lowest BCUT2D eigenvalue weighted by Crippen LogP contribution is -2.81. The zero-order chi connectivity index (χ0) is 21.4. The fourth-order valence-electron chi connectivity index (χ4n) is 5.12. The van der Waals surface area contributed by atoms with Crippen molar-refractivity contribution in [3.63, 3.8) is 0 Å². The average Bonchev–Trinajstić information content (AvgIpc) is 2.81. The molecule has 7 heteroatoms. The lowest BCUT2D eigenvalue weighted by molar-refractivity contribution is -0.148. The fourth-order valence-corrected chi connectivity index (χ4v) is 5.12. The molecule has 2 aromatic carbocycles. The van der Waals surface area contributed by atoms with Crippen molar-refractivity contribution in [2.24, 2.45) is 0 Å². The molecule has 7 nitrogen and oxygen atoms in total. The van der Waals surface area contributed by atoms with Crippen LogP contribution < -0.4 is 4.74 Å². The van der Waals surface area contributed by atoms with E-state index < -0.39 is 0 Å². The monoisotopic (exact) mass is 421 g/mol. The molecule has 1 spiro atoms. The van der Waals surface area contributed by atoms with E-state index in [0.29, 0.717) is 50.5 Å². The first-order valence-corrected chi connectivity index (χ1v) is 10.7. The van der Waals surface area contributed by atoms with Gasteiger partial charge >= 0.3 is 0 Å². The molecule has 0 aromatic heterocycles. The first-order valence-electron chi connectivity index (χ1n) is 10.7. The Balaban J connectivity index is 1.35. The highest BCUT2D eigenvalue weighted by molar-refractivity contribution is 5.96. The largest absolute Gasteiger partial charge is 0.497 e. The molecule has 2 amide bonds. The van der Waals surface area contributed by atoms with Gasteiger partial charge in [0.2, 0.25) is 0 Å². The summed E-state index contributed by atoms with van der Waals surface area (Å²) in [4.78, 5) is 32.5. The maximum absolute atomic E-state index is 13.3. The van der Waals surface area contributed by atoms with E-state index in [1.54, 1.807) is 7.11 Å². The van der Waals surface area contributed by atoms with Crippen molar-refractivity contribution in [1.82, 2.24) is 14.7 Å². The average molecular weight is 421 g/mol. The van der Waals surface area contributed by atoms with Crippen molar-refractivity contribution in [1.29, 1.82) is 0 Å². The molecule has 3 aliphatic rings. The molecule has 0 unspecified atom stereocenters. The topological polar surface area (TPSA) is 62.3 Å². The summed E-state index contributed by atoms with van der Waals surface area (Å²) in [6.07, 6.45) is 0. The number of hydrogen-bond acceptors (Lipinski definition) is 5. The summed E-state index contributed by atoms with van der Waals surface area (Å²) < 4.78 is 10.9. The summed E-state index contributed by atoms with van der Waals surface area (Å²) in [5.74, 6) is 0.794. The maximum Gasteiger partial charge on any atom is 0.253 e. The number of carbonyl (C=O) groups excluding carboxylic acids is 2. The molecule has 31 heavy (non-hydrogen) atoms. The Morgan fingerprint density at radius 3 is 2.29 bits per heavy atom. The zero-order valence-electron chi connectivity index (χ0n) is 17.7. The number of hydrogen-bond donors (Lipinski definition) is 0. The van der Waals surface area contributed by atoms with E-state index in [0.717, 1.165) is 12.3 Å². The molecule has 0 aliphatic carbocycles. The Morgan fingerprint density at radius 1 is 0.935 bits per heavy atom. The predicted molar refractivity (Wildman–Crippen MR) is 115 cm³/mol. The van der Waals surface area contributed by atoms with E-state index in [9.17, 15) is 9.59 Å². The van der Waals surface area contributed by atoms with Crippen LogP contribution in [0.15, 0.2) is 54.6 Å². The zero-order valence-corrected chi connectivity index (χ0v) is 17.7. The van der Waals surface area contributed by atoms with Gasteiger partial charge in [-0.05, 0) is 36.4 Å². The number of amides is 2. The SMILES string of the molecule is COc1ccc(C(=O)N2C[C@@H]3COCCN3C3(C2)CN(C(=O)c2ccccc2)C3)cc1. The normalized spacial score (nSPS) is 22.5. The Bertz CT molecular complexity index is 957. The second kappa shape index (κ2) is 7.98. The van der Waals surface area contributed by atoms with Gasteiger partial charge in [0, 0.05) is 43.9 Å². The quantitative estimate of drug-likeness (QED) is 0.756. The molecule has 5 rings (SSSR count). The van der Waals surface area contributed by atoms with Crippen LogP contribution in [0, 0.1) is 0 Å². The van der Waals surface area contributed by atoms with Crippen molar-refractivity contribution in [3.05, 3.63) is 65.7 Å². The standard InChI is InChI=1S/C24H27N3O4/c1-30-21-9-7-19(8-10-21)22(28)25-13-20-14-31-12-11-27(20)24(15-25)16-26(17-24)23(29)18-5-3-2-4-6-18/h2-10,20H,11-17H2,1H3/t20-/m1/s1. The third kappa shape index (κ3) is 3.58. The lowest BCUT2D eigenvalue weighted by atomic mass is 9.82. The maximum atomic E-state index is 13.3. The Hall–Kier alpha value is -2.90. The number of fused-ring (bicyclic) bond motifs is 2. The number of likely N-dealkylation sites (tertiary alicyclic amines) is 1. The highest BCUT2D eigenvalue weighted by Gasteiger charge is 2.56. The van der Waals surface area contributed by atoms with E-state index in [1.807, 2.05) is 64.4 Å². The van der Waals surface area contributed by atoms with Crippen molar-refractivity contribution in [3.8, 4) is 5.75 Å². The second-order valence-corrected chi connectivity index (χ2v) is 8.59. The molecular weight excluding hydrogens is 394 g/mol. The van der Waals surface area contributed by atoms with E-state index in [-0.39, 0.29) is 23.4 Å². The van der Waals surface area contributed by atoms with Crippen LogP contribution in [0.25, 0.3) is 0 Å². The van der Waals surface area contributed by atoms with Crippen LogP contribution >= 0.6 is 0 Å². The minimum Gasteiger partial charge on any atom is -0.497 e. The van der Waals surface area contributed by atoms with Crippen LogP contribution in [0.1, 0.15) is 20.7 Å². The Morgan fingerprint density at radius 2 is 1.58 bits per heavy atom. The van der Waals surface area contributed by atoms with Crippen LogP contribution in [0.4, 0.5) is 0 Å². The van der Waals surface area contributed by atoms with E-state index in [4.69, 9.17) is 9.47 Å². The van der Waals surface area contributed by atoms with Crippen LogP contribution in [0.2, 0.25) is 0 Å². The van der Waals surface area contributed by atoms with Crippen molar-refractivity contribution in [2.75, 3.05) is 53.0 Å². The van der Waals surface area contributed by atoms with Gasteiger partial charge in [-0.15, -0.1) is 0 Å². The lowest BCUT2D eigenvalue weighted by Gasteiger charge is -2.63. The number of morpholine rings is 1. The number of rotatable bonds is 3.